The maximum absolute atomic E-state index is 12.8. The quantitative estimate of drug-likeness (QED) is 0.638. The molecule has 0 saturated heterocycles. The number of aliphatic carboxylic acids is 1. The fourth-order valence-electron chi connectivity index (χ4n) is 1.83. The predicted octanol–water partition coefficient (Wildman–Crippen LogP) is 1.74. The molecule has 1 rings (SSSR count). The van der Waals surface area contributed by atoms with Gasteiger partial charge >= 0.3 is 11.9 Å². The van der Waals surface area contributed by atoms with Crippen LogP contribution in [-0.2, 0) is 20.7 Å². The minimum absolute atomic E-state index is 0.135. The molecule has 0 spiro atoms. The molecule has 0 saturated carbocycles. The lowest BCUT2D eigenvalue weighted by Crippen LogP contribution is -2.45. The van der Waals surface area contributed by atoms with Crippen molar-refractivity contribution in [3.05, 3.63) is 35.6 Å². The summed E-state index contributed by atoms with van der Waals surface area (Å²) in [6.07, 6.45) is 0.135. The number of ether oxygens (including phenoxy) is 1. The first-order valence-corrected chi connectivity index (χ1v) is 6.56. The maximum atomic E-state index is 12.8. The van der Waals surface area contributed by atoms with Crippen molar-refractivity contribution in [3.63, 3.8) is 0 Å². The van der Waals surface area contributed by atoms with Crippen molar-refractivity contribution in [2.45, 2.75) is 38.8 Å². The average molecular weight is 297 g/mol. The summed E-state index contributed by atoms with van der Waals surface area (Å²) in [5.74, 6) is -4.06. The summed E-state index contributed by atoms with van der Waals surface area (Å²) in [4.78, 5) is 23.2. The summed E-state index contributed by atoms with van der Waals surface area (Å²) in [6.45, 7) is 4.94. The van der Waals surface area contributed by atoms with Crippen molar-refractivity contribution in [2.75, 3.05) is 0 Å². The molecule has 0 fully saturated rings. The van der Waals surface area contributed by atoms with Gasteiger partial charge in [-0.2, -0.15) is 0 Å². The standard InChI is InChI=1S/C15H20FNO4/c1-15(2,3)21-14(20)12(13(18)19)11(17)8-9-4-6-10(16)7-5-9/h4-7,11-12H,8,17H2,1-3H3,(H,18,19). The highest BCUT2D eigenvalue weighted by Crippen LogP contribution is 2.16. The Hall–Kier alpha value is -1.95. The van der Waals surface area contributed by atoms with Crippen molar-refractivity contribution in [2.24, 2.45) is 11.7 Å². The van der Waals surface area contributed by atoms with Crippen LogP contribution in [0.5, 0.6) is 0 Å². The Morgan fingerprint density at radius 3 is 2.24 bits per heavy atom. The fraction of sp³-hybridized carbons (Fsp3) is 0.467. The molecule has 0 heterocycles. The summed E-state index contributed by atoms with van der Waals surface area (Å²) in [5.41, 5.74) is 5.69. The molecule has 0 amide bonds. The monoisotopic (exact) mass is 297 g/mol. The normalized spacial score (nSPS) is 14.3. The van der Waals surface area contributed by atoms with Crippen LogP contribution in [-0.4, -0.2) is 28.7 Å². The minimum atomic E-state index is -1.46. The second-order valence-corrected chi connectivity index (χ2v) is 5.84. The van der Waals surface area contributed by atoms with Gasteiger partial charge in [-0.3, -0.25) is 9.59 Å². The lowest BCUT2D eigenvalue weighted by Gasteiger charge is -2.25. The fourth-order valence-corrected chi connectivity index (χ4v) is 1.83. The largest absolute Gasteiger partial charge is 0.481 e. The first-order valence-electron chi connectivity index (χ1n) is 6.56. The lowest BCUT2D eigenvalue weighted by atomic mass is 9.94. The maximum Gasteiger partial charge on any atom is 0.322 e. The molecule has 0 aliphatic rings. The highest BCUT2D eigenvalue weighted by atomic mass is 19.1. The Morgan fingerprint density at radius 2 is 1.81 bits per heavy atom. The Morgan fingerprint density at radius 1 is 1.29 bits per heavy atom. The summed E-state index contributed by atoms with van der Waals surface area (Å²) in [5, 5.41) is 9.19. The van der Waals surface area contributed by atoms with Crippen molar-refractivity contribution in [1.82, 2.24) is 0 Å². The van der Waals surface area contributed by atoms with Gasteiger partial charge in [-0.15, -0.1) is 0 Å². The van der Waals surface area contributed by atoms with Gasteiger partial charge in [-0.1, -0.05) is 12.1 Å². The van der Waals surface area contributed by atoms with Crippen molar-refractivity contribution in [3.8, 4) is 0 Å². The number of esters is 1. The number of nitrogens with two attached hydrogens (primary N) is 1. The van der Waals surface area contributed by atoms with Gasteiger partial charge in [0, 0.05) is 6.04 Å². The number of halogens is 1. The molecular formula is C15H20FNO4. The predicted molar refractivity (Wildman–Crippen MR) is 75.1 cm³/mol. The molecule has 2 atom stereocenters. The zero-order chi connectivity index (χ0) is 16.2. The summed E-state index contributed by atoms with van der Waals surface area (Å²) in [7, 11) is 0. The van der Waals surface area contributed by atoms with E-state index in [1.807, 2.05) is 0 Å². The first kappa shape index (κ1) is 17.1. The highest BCUT2D eigenvalue weighted by molar-refractivity contribution is 5.95. The average Bonchev–Trinajstić information content (AvgIpc) is 2.29. The van der Waals surface area contributed by atoms with Crippen LogP contribution >= 0.6 is 0 Å². The second kappa shape index (κ2) is 6.67. The van der Waals surface area contributed by atoms with E-state index in [0.29, 0.717) is 5.56 Å². The van der Waals surface area contributed by atoms with E-state index in [2.05, 4.69) is 0 Å². The minimum Gasteiger partial charge on any atom is -0.481 e. The highest BCUT2D eigenvalue weighted by Gasteiger charge is 2.36. The Bertz CT molecular complexity index is 507. The lowest BCUT2D eigenvalue weighted by molar-refractivity contribution is -0.167. The molecule has 6 heteroatoms. The number of hydrogen-bond donors (Lipinski definition) is 2. The van der Waals surface area contributed by atoms with Gasteiger partial charge in [-0.25, -0.2) is 4.39 Å². The van der Waals surface area contributed by atoms with E-state index in [9.17, 15) is 19.1 Å². The van der Waals surface area contributed by atoms with Gasteiger partial charge in [0.1, 0.15) is 11.4 Å². The van der Waals surface area contributed by atoms with Crippen molar-refractivity contribution < 1.29 is 23.8 Å². The number of carbonyl (C=O) groups excluding carboxylic acids is 1. The molecule has 0 aliphatic heterocycles. The van der Waals surface area contributed by atoms with Gasteiger partial charge in [-0.05, 0) is 44.9 Å². The number of rotatable bonds is 5. The van der Waals surface area contributed by atoms with E-state index in [4.69, 9.17) is 10.5 Å². The van der Waals surface area contributed by atoms with Crippen LogP contribution in [0.15, 0.2) is 24.3 Å². The van der Waals surface area contributed by atoms with Crippen LogP contribution in [0.25, 0.3) is 0 Å². The van der Waals surface area contributed by atoms with Gasteiger partial charge in [0.15, 0.2) is 5.92 Å². The van der Waals surface area contributed by atoms with Crippen LogP contribution in [0.4, 0.5) is 4.39 Å². The molecule has 3 N–H and O–H groups in total. The van der Waals surface area contributed by atoms with Crippen LogP contribution in [0.2, 0.25) is 0 Å². The Balaban J connectivity index is 2.82. The molecule has 2 unspecified atom stereocenters. The molecule has 0 aliphatic carbocycles. The molecule has 21 heavy (non-hydrogen) atoms. The molecule has 0 bridgehead atoms. The second-order valence-electron chi connectivity index (χ2n) is 5.84. The van der Waals surface area contributed by atoms with Crippen LogP contribution in [0.3, 0.4) is 0 Å². The van der Waals surface area contributed by atoms with E-state index in [1.54, 1.807) is 20.8 Å². The molecule has 0 aromatic heterocycles. The van der Waals surface area contributed by atoms with E-state index in [1.165, 1.54) is 24.3 Å². The zero-order valence-corrected chi connectivity index (χ0v) is 12.3. The third kappa shape index (κ3) is 5.51. The Labute approximate surface area is 122 Å². The van der Waals surface area contributed by atoms with E-state index in [0.717, 1.165) is 0 Å². The third-order valence-electron chi connectivity index (χ3n) is 2.74. The number of carboxylic acid groups (broad SMARTS) is 1. The molecular weight excluding hydrogens is 277 g/mol. The number of carboxylic acids is 1. The molecule has 1 aromatic rings. The molecule has 116 valence electrons. The van der Waals surface area contributed by atoms with Crippen molar-refractivity contribution in [1.29, 1.82) is 0 Å². The van der Waals surface area contributed by atoms with Gasteiger partial charge < -0.3 is 15.6 Å². The number of benzene rings is 1. The summed E-state index contributed by atoms with van der Waals surface area (Å²) < 4.78 is 17.9. The third-order valence-corrected chi connectivity index (χ3v) is 2.74. The zero-order valence-electron chi connectivity index (χ0n) is 12.3. The smallest absolute Gasteiger partial charge is 0.322 e. The Kier molecular flexibility index (Phi) is 5.43. The summed E-state index contributed by atoms with van der Waals surface area (Å²) >= 11 is 0. The molecule has 1 aromatic carbocycles. The van der Waals surface area contributed by atoms with E-state index < -0.39 is 35.3 Å². The summed E-state index contributed by atoms with van der Waals surface area (Å²) in [6, 6.07) is 4.56. The molecule has 0 radical (unpaired) electrons. The van der Waals surface area contributed by atoms with Gasteiger partial charge in [0.25, 0.3) is 0 Å². The van der Waals surface area contributed by atoms with Gasteiger partial charge in [0.2, 0.25) is 0 Å². The van der Waals surface area contributed by atoms with Crippen LogP contribution in [0.1, 0.15) is 26.3 Å². The van der Waals surface area contributed by atoms with E-state index >= 15 is 0 Å². The van der Waals surface area contributed by atoms with Crippen LogP contribution < -0.4 is 5.73 Å². The number of carbonyl (C=O) groups is 2. The van der Waals surface area contributed by atoms with E-state index in [-0.39, 0.29) is 6.42 Å². The first-order chi connectivity index (χ1) is 9.60. The molecule has 5 nitrogen and oxygen atoms in total. The SMILES string of the molecule is CC(C)(C)OC(=O)C(C(=O)O)C(N)Cc1ccc(F)cc1. The van der Waals surface area contributed by atoms with Crippen molar-refractivity contribution >= 4 is 11.9 Å². The topological polar surface area (TPSA) is 89.6 Å². The van der Waals surface area contributed by atoms with Crippen LogP contribution in [0, 0.1) is 11.7 Å². The van der Waals surface area contributed by atoms with Gasteiger partial charge in [0.05, 0.1) is 0 Å². The number of hydrogen-bond acceptors (Lipinski definition) is 4.